The molecule has 6 heteroatoms. The van der Waals surface area contributed by atoms with E-state index in [0.29, 0.717) is 5.69 Å². The molecule has 0 fully saturated rings. The Bertz CT molecular complexity index is 340. The topological polar surface area (TPSA) is 41.1 Å². The summed E-state index contributed by atoms with van der Waals surface area (Å²) < 4.78 is 35.9. The lowest BCUT2D eigenvalue weighted by Gasteiger charge is -2.06. The van der Waals surface area contributed by atoms with Gasteiger partial charge in [0.25, 0.3) is 6.43 Å². The highest BCUT2D eigenvalue weighted by atomic mass is 19.3. The van der Waals surface area contributed by atoms with Gasteiger partial charge in [-0.05, 0) is 24.3 Å². The van der Waals surface area contributed by atoms with Gasteiger partial charge in [0, 0.05) is 5.69 Å². The minimum absolute atomic E-state index is 0.207. The number of carbonyl (C=O) groups excluding carboxylic acids is 1. The molecule has 16 heavy (non-hydrogen) atoms. The van der Waals surface area contributed by atoms with Crippen molar-refractivity contribution in [3.05, 3.63) is 30.1 Å². The standard InChI is InChI=1S/C10H11F3N2O/c11-7-1-3-8(4-2-7)15-10(16)6-14-5-9(12)13/h1-4,9,14H,5-6H2,(H,15,16). The molecule has 1 amide bonds. The van der Waals surface area contributed by atoms with Crippen LogP contribution in [0.2, 0.25) is 0 Å². The van der Waals surface area contributed by atoms with Crippen molar-refractivity contribution in [3.8, 4) is 0 Å². The predicted molar refractivity (Wildman–Crippen MR) is 53.9 cm³/mol. The van der Waals surface area contributed by atoms with Gasteiger partial charge in [-0.2, -0.15) is 0 Å². The van der Waals surface area contributed by atoms with Gasteiger partial charge in [-0.15, -0.1) is 0 Å². The van der Waals surface area contributed by atoms with Crippen LogP contribution in [0.3, 0.4) is 0 Å². The summed E-state index contributed by atoms with van der Waals surface area (Å²) in [5.74, 6) is -0.860. The maximum absolute atomic E-state index is 12.5. The molecule has 0 atom stereocenters. The summed E-state index contributed by atoms with van der Waals surface area (Å²) >= 11 is 0. The molecule has 0 aliphatic carbocycles. The highest BCUT2D eigenvalue weighted by Crippen LogP contribution is 2.07. The minimum atomic E-state index is -2.49. The Labute approximate surface area is 90.6 Å². The number of anilines is 1. The lowest BCUT2D eigenvalue weighted by atomic mass is 10.3. The molecule has 1 aromatic carbocycles. The Morgan fingerprint density at radius 1 is 1.25 bits per heavy atom. The molecule has 2 N–H and O–H groups in total. The maximum Gasteiger partial charge on any atom is 0.250 e. The second-order valence-electron chi connectivity index (χ2n) is 3.08. The number of nitrogens with one attached hydrogen (secondary N) is 2. The molecule has 1 aromatic rings. The van der Waals surface area contributed by atoms with E-state index in [4.69, 9.17) is 0 Å². The zero-order valence-corrected chi connectivity index (χ0v) is 8.34. The lowest BCUT2D eigenvalue weighted by Crippen LogP contribution is -2.31. The third-order valence-electron chi connectivity index (χ3n) is 1.71. The highest BCUT2D eigenvalue weighted by molar-refractivity contribution is 5.92. The van der Waals surface area contributed by atoms with Crippen LogP contribution in [0.25, 0.3) is 0 Å². The molecule has 0 heterocycles. The van der Waals surface area contributed by atoms with E-state index in [9.17, 15) is 18.0 Å². The Kier molecular flexibility index (Phi) is 4.78. The molecule has 0 spiro atoms. The van der Waals surface area contributed by atoms with Crippen molar-refractivity contribution in [3.63, 3.8) is 0 Å². The Hall–Kier alpha value is -1.56. The molecule has 0 aliphatic heterocycles. The Morgan fingerprint density at radius 3 is 2.44 bits per heavy atom. The first kappa shape index (κ1) is 12.5. The summed E-state index contributed by atoms with van der Waals surface area (Å²) in [6.07, 6.45) is -2.49. The number of halogens is 3. The quantitative estimate of drug-likeness (QED) is 0.810. The molecule has 0 bridgehead atoms. The van der Waals surface area contributed by atoms with E-state index in [-0.39, 0.29) is 6.54 Å². The number of hydrogen-bond donors (Lipinski definition) is 2. The molecule has 3 nitrogen and oxygen atoms in total. The fourth-order valence-electron chi connectivity index (χ4n) is 1.03. The molecule has 0 saturated carbocycles. The second kappa shape index (κ2) is 6.12. The molecule has 0 saturated heterocycles. The van der Waals surface area contributed by atoms with E-state index in [1.165, 1.54) is 24.3 Å². The Balaban J connectivity index is 2.31. The number of rotatable bonds is 5. The van der Waals surface area contributed by atoms with Crippen molar-refractivity contribution >= 4 is 11.6 Å². The zero-order valence-electron chi connectivity index (χ0n) is 8.34. The van der Waals surface area contributed by atoms with Crippen LogP contribution in [0, 0.1) is 5.82 Å². The van der Waals surface area contributed by atoms with Gasteiger partial charge in [-0.25, -0.2) is 13.2 Å². The molecular weight excluding hydrogens is 221 g/mol. The van der Waals surface area contributed by atoms with Gasteiger partial charge >= 0.3 is 0 Å². The SMILES string of the molecule is O=C(CNCC(F)F)Nc1ccc(F)cc1. The molecule has 0 unspecified atom stereocenters. The van der Waals surface area contributed by atoms with Crippen LogP contribution in [-0.4, -0.2) is 25.4 Å². The van der Waals surface area contributed by atoms with Gasteiger partial charge in [-0.1, -0.05) is 0 Å². The van der Waals surface area contributed by atoms with Gasteiger partial charge in [0.15, 0.2) is 0 Å². The maximum atomic E-state index is 12.5. The lowest BCUT2D eigenvalue weighted by molar-refractivity contribution is -0.115. The van der Waals surface area contributed by atoms with Crippen molar-refractivity contribution in [2.24, 2.45) is 0 Å². The van der Waals surface area contributed by atoms with E-state index >= 15 is 0 Å². The summed E-state index contributed by atoms with van der Waals surface area (Å²) in [4.78, 5) is 11.2. The van der Waals surface area contributed by atoms with E-state index in [2.05, 4.69) is 10.6 Å². The first-order chi connectivity index (χ1) is 7.58. The molecule has 0 aliphatic rings. The highest BCUT2D eigenvalue weighted by Gasteiger charge is 2.05. The van der Waals surface area contributed by atoms with Crippen LogP contribution in [0.15, 0.2) is 24.3 Å². The number of alkyl halides is 2. The average Bonchev–Trinajstić information content (AvgIpc) is 2.21. The van der Waals surface area contributed by atoms with Crippen molar-refractivity contribution in [2.75, 3.05) is 18.4 Å². The first-order valence-corrected chi connectivity index (χ1v) is 4.62. The van der Waals surface area contributed by atoms with Crippen molar-refractivity contribution in [1.82, 2.24) is 5.32 Å². The molecule has 88 valence electrons. The smallest absolute Gasteiger partial charge is 0.250 e. The number of amides is 1. The van der Waals surface area contributed by atoms with E-state index in [1.807, 2.05) is 0 Å². The van der Waals surface area contributed by atoms with Crippen molar-refractivity contribution < 1.29 is 18.0 Å². The van der Waals surface area contributed by atoms with Crippen LogP contribution in [0.4, 0.5) is 18.9 Å². The monoisotopic (exact) mass is 232 g/mol. The average molecular weight is 232 g/mol. The minimum Gasteiger partial charge on any atom is -0.325 e. The van der Waals surface area contributed by atoms with Gasteiger partial charge in [0.2, 0.25) is 5.91 Å². The summed E-state index contributed by atoms with van der Waals surface area (Å²) in [6, 6.07) is 5.17. The first-order valence-electron chi connectivity index (χ1n) is 4.62. The molecule has 1 rings (SSSR count). The zero-order chi connectivity index (χ0) is 12.0. The van der Waals surface area contributed by atoms with Crippen molar-refractivity contribution in [1.29, 1.82) is 0 Å². The van der Waals surface area contributed by atoms with Crippen LogP contribution < -0.4 is 10.6 Å². The number of hydrogen-bond acceptors (Lipinski definition) is 2. The molecule has 0 radical (unpaired) electrons. The predicted octanol–water partition coefficient (Wildman–Crippen LogP) is 1.62. The van der Waals surface area contributed by atoms with Gasteiger partial charge in [0.05, 0.1) is 13.1 Å². The normalized spacial score (nSPS) is 10.5. The van der Waals surface area contributed by atoms with Crippen LogP contribution in [-0.2, 0) is 4.79 Å². The molecule has 0 aromatic heterocycles. The summed E-state index contributed by atoms with van der Waals surface area (Å²) in [5.41, 5.74) is 0.422. The second-order valence-corrected chi connectivity index (χ2v) is 3.08. The van der Waals surface area contributed by atoms with Crippen molar-refractivity contribution in [2.45, 2.75) is 6.43 Å². The van der Waals surface area contributed by atoms with Gasteiger partial charge in [0.1, 0.15) is 5.82 Å². The third kappa shape index (κ3) is 4.79. The van der Waals surface area contributed by atoms with Gasteiger partial charge in [-0.3, -0.25) is 4.79 Å². The largest absolute Gasteiger partial charge is 0.325 e. The van der Waals surface area contributed by atoms with Crippen LogP contribution in [0.1, 0.15) is 0 Å². The van der Waals surface area contributed by atoms with E-state index in [1.54, 1.807) is 0 Å². The van der Waals surface area contributed by atoms with E-state index in [0.717, 1.165) is 0 Å². The fraction of sp³-hybridized carbons (Fsp3) is 0.300. The van der Waals surface area contributed by atoms with Crippen LogP contribution in [0.5, 0.6) is 0 Å². The van der Waals surface area contributed by atoms with E-state index < -0.39 is 24.7 Å². The number of carbonyl (C=O) groups is 1. The fourth-order valence-corrected chi connectivity index (χ4v) is 1.03. The summed E-state index contributed by atoms with van der Waals surface area (Å²) in [6.45, 7) is -0.738. The summed E-state index contributed by atoms with van der Waals surface area (Å²) in [7, 11) is 0. The molecular formula is C10H11F3N2O. The number of benzene rings is 1. The van der Waals surface area contributed by atoms with Crippen LogP contribution >= 0.6 is 0 Å². The third-order valence-corrected chi connectivity index (χ3v) is 1.71. The van der Waals surface area contributed by atoms with Gasteiger partial charge < -0.3 is 10.6 Å². The Morgan fingerprint density at radius 2 is 1.88 bits per heavy atom. The summed E-state index contributed by atoms with van der Waals surface area (Å²) in [5, 5.41) is 4.71.